The summed E-state index contributed by atoms with van der Waals surface area (Å²) in [7, 11) is 4.06. The van der Waals surface area contributed by atoms with Gasteiger partial charge in [0.05, 0.1) is 5.69 Å². The standard InChI is InChI=1S/C19H35N5O/c1-5-17-16(18(6-2)25-23-17)14-22-19(20-3)21-12-13-24(4)15-10-8-7-9-11-15/h15H,5-14H2,1-4H3,(H2,20,21,22). The fraction of sp³-hybridized carbons (Fsp3) is 0.789. The van der Waals surface area contributed by atoms with Crippen LogP contribution >= 0.6 is 0 Å². The quantitative estimate of drug-likeness (QED) is 0.558. The average Bonchev–Trinajstić information content (AvgIpc) is 3.07. The van der Waals surface area contributed by atoms with E-state index in [1.165, 1.54) is 37.7 Å². The van der Waals surface area contributed by atoms with Crippen LogP contribution in [0.15, 0.2) is 9.52 Å². The number of guanidine groups is 1. The Morgan fingerprint density at radius 2 is 1.96 bits per heavy atom. The van der Waals surface area contributed by atoms with E-state index in [-0.39, 0.29) is 0 Å². The molecule has 0 aliphatic heterocycles. The summed E-state index contributed by atoms with van der Waals surface area (Å²) in [4.78, 5) is 6.82. The molecule has 1 saturated carbocycles. The van der Waals surface area contributed by atoms with Crippen LogP contribution in [0.4, 0.5) is 0 Å². The molecule has 0 saturated heterocycles. The summed E-state index contributed by atoms with van der Waals surface area (Å²) >= 11 is 0. The molecule has 1 fully saturated rings. The summed E-state index contributed by atoms with van der Waals surface area (Å²) in [6.45, 7) is 6.84. The predicted molar refractivity (Wildman–Crippen MR) is 103 cm³/mol. The number of likely N-dealkylation sites (N-methyl/N-ethyl adjacent to an activating group) is 1. The lowest BCUT2D eigenvalue weighted by atomic mass is 9.94. The normalized spacial score (nSPS) is 16.4. The highest BCUT2D eigenvalue weighted by Gasteiger charge is 2.17. The van der Waals surface area contributed by atoms with Gasteiger partial charge in [-0.05, 0) is 26.3 Å². The summed E-state index contributed by atoms with van der Waals surface area (Å²) < 4.78 is 5.42. The second-order valence-corrected chi connectivity index (χ2v) is 6.86. The molecule has 0 atom stereocenters. The van der Waals surface area contributed by atoms with Crippen LogP contribution in [-0.4, -0.2) is 49.2 Å². The van der Waals surface area contributed by atoms with Gasteiger partial charge in [0.1, 0.15) is 5.76 Å². The van der Waals surface area contributed by atoms with E-state index in [0.29, 0.717) is 6.54 Å². The molecular weight excluding hydrogens is 314 g/mol. The Balaban J connectivity index is 1.76. The molecule has 1 aromatic heterocycles. The molecular formula is C19H35N5O. The summed E-state index contributed by atoms with van der Waals surface area (Å²) in [5.74, 6) is 1.80. The molecule has 1 aliphatic carbocycles. The Labute approximate surface area is 152 Å². The fourth-order valence-electron chi connectivity index (χ4n) is 3.59. The molecule has 0 bridgehead atoms. The van der Waals surface area contributed by atoms with Crippen molar-refractivity contribution in [3.05, 3.63) is 17.0 Å². The van der Waals surface area contributed by atoms with E-state index >= 15 is 0 Å². The summed E-state index contributed by atoms with van der Waals surface area (Å²) in [6.07, 6.45) is 8.60. The smallest absolute Gasteiger partial charge is 0.191 e. The SMILES string of the molecule is CCc1noc(CC)c1CNC(=NC)NCCN(C)C1CCCCC1. The minimum absolute atomic E-state index is 0.702. The Bertz CT molecular complexity index is 512. The zero-order valence-electron chi connectivity index (χ0n) is 16.4. The van der Waals surface area contributed by atoms with Gasteiger partial charge in [-0.15, -0.1) is 0 Å². The molecule has 2 rings (SSSR count). The summed E-state index contributed by atoms with van der Waals surface area (Å²) in [6, 6.07) is 0.752. The van der Waals surface area contributed by atoms with Crippen molar-refractivity contribution < 1.29 is 4.52 Å². The molecule has 0 spiro atoms. The van der Waals surface area contributed by atoms with Crippen LogP contribution in [0.5, 0.6) is 0 Å². The van der Waals surface area contributed by atoms with E-state index in [1.54, 1.807) is 0 Å². The number of aryl methyl sites for hydroxylation is 2. The first-order valence-electron chi connectivity index (χ1n) is 9.80. The summed E-state index contributed by atoms with van der Waals surface area (Å²) in [5, 5.41) is 11.0. The largest absolute Gasteiger partial charge is 0.361 e. The van der Waals surface area contributed by atoms with Crippen LogP contribution in [0.25, 0.3) is 0 Å². The maximum Gasteiger partial charge on any atom is 0.191 e. The van der Waals surface area contributed by atoms with Gasteiger partial charge in [-0.1, -0.05) is 38.3 Å². The Kier molecular flexibility index (Phi) is 8.25. The fourth-order valence-corrected chi connectivity index (χ4v) is 3.59. The number of nitrogens with zero attached hydrogens (tertiary/aromatic N) is 3. The van der Waals surface area contributed by atoms with Crippen molar-refractivity contribution in [1.29, 1.82) is 0 Å². The zero-order chi connectivity index (χ0) is 18.1. The van der Waals surface area contributed by atoms with Gasteiger partial charge < -0.3 is 20.1 Å². The minimum atomic E-state index is 0.702. The van der Waals surface area contributed by atoms with Gasteiger partial charge in [0.15, 0.2) is 5.96 Å². The highest BCUT2D eigenvalue weighted by Crippen LogP contribution is 2.21. The molecule has 0 radical (unpaired) electrons. The van der Waals surface area contributed by atoms with Crippen molar-refractivity contribution in [1.82, 2.24) is 20.7 Å². The monoisotopic (exact) mass is 349 g/mol. The minimum Gasteiger partial charge on any atom is -0.361 e. The lowest BCUT2D eigenvalue weighted by Crippen LogP contribution is -2.43. The van der Waals surface area contributed by atoms with Crippen LogP contribution in [0.2, 0.25) is 0 Å². The lowest BCUT2D eigenvalue weighted by molar-refractivity contribution is 0.194. The molecule has 0 amide bonds. The van der Waals surface area contributed by atoms with Crippen LogP contribution in [-0.2, 0) is 19.4 Å². The second-order valence-electron chi connectivity index (χ2n) is 6.86. The van der Waals surface area contributed by atoms with E-state index < -0.39 is 0 Å². The maximum absolute atomic E-state index is 5.42. The topological polar surface area (TPSA) is 65.7 Å². The van der Waals surface area contributed by atoms with Crippen molar-refractivity contribution in [2.75, 3.05) is 27.2 Å². The molecule has 2 N–H and O–H groups in total. The Morgan fingerprint density at radius 1 is 1.20 bits per heavy atom. The summed E-state index contributed by atoms with van der Waals surface area (Å²) in [5.41, 5.74) is 2.21. The molecule has 0 aromatic carbocycles. The third-order valence-corrected chi connectivity index (χ3v) is 5.22. The number of aromatic nitrogens is 1. The third-order valence-electron chi connectivity index (χ3n) is 5.22. The van der Waals surface area contributed by atoms with Gasteiger partial charge in [0, 0.05) is 44.7 Å². The van der Waals surface area contributed by atoms with Gasteiger partial charge in [-0.2, -0.15) is 0 Å². The van der Waals surface area contributed by atoms with Gasteiger partial charge in [-0.25, -0.2) is 0 Å². The Morgan fingerprint density at radius 3 is 2.60 bits per heavy atom. The number of nitrogens with one attached hydrogen (secondary N) is 2. The van der Waals surface area contributed by atoms with E-state index in [9.17, 15) is 0 Å². The van der Waals surface area contributed by atoms with E-state index in [1.807, 2.05) is 7.05 Å². The van der Waals surface area contributed by atoms with E-state index in [4.69, 9.17) is 4.52 Å². The zero-order valence-corrected chi connectivity index (χ0v) is 16.4. The molecule has 25 heavy (non-hydrogen) atoms. The number of hydrogen-bond acceptors (Lipinski definition) is 4. The first-order valence-corrected chi connectivity index (χ1v) is 9.80. The number of hydrogen-bond donors (Lipinski definition) is 2. The molecule has 0 unspecified atom stereocenters. The molecule has 6 nitrogen and oxygen atoms in total. The molecule has 6 heteroatoms. The highest BCUT2D eigenvalue weighted by atomic mass is 16.5. The second kappa shape index (κ2) is 10.4. The van der Waals surface area contributed by atoms with Gasteiger partial charge in [-0.3, -0.25) is 4.99 Å². The molecule has 142 valence electrons. The average molecular weight is 350 g/mol. The van der Waals surface area contributed by atoms with Gasteiger partial charge >= 0.3 is 0 Å². The first-order chi connectivity index (χ1) is 12.2. The van der Waals surface area contributed by atoms with Crippen LogP contribution < -0.4 is 10.6 Å². The highest BCUT2D eigenvalue weighted by molar-refractivity contribution is 5.79. The maximum atomic E-state index is 5.42. The third kappa shape index (κ3) is 5.73. The van der Waals surface area contributed by atoms with Crippen LogP contribution in [0.3, 0.4) is 0 Å². The molecule has 1 heterocycles. The van der Waals surface area contributed by atoms with Crippen molar-refractivity contribution in [3.8, 4) is 0 Å². The van der Waals surface area contributed by atoms with Crippen molar-refractivity contribution in [3.63, 3.8) is 0 Å². The lowest BCUT2D eigenvalue weighted by Gasteiger charge is -2.31. The van der Waals surface area contributed by atoms with Gasteiger partial charge in [0.25, 0.3) is 0 Å². The number of rotatable bonds is 8. The predicted octanol–water partition coefficient (Wildman–Crippen LogP) is 2.73. The van der Waals surface area contributed by atoms with Crippen LogP contribution in [0.1, 0.15) is 63.0 Å². The van der Waals surface area contributed by atoms with E-state index in [0.717, 1.165) is 49.4 Å². The number of aliphatic imine (C=N–C) groups is 1. The van der Waals surface area contributed by atoms with Gasteiger partial charge in [0.2, 0.25) is 0 Å². The van der Waals surface area contributed by atoms with Crippen molar-refractivity contribution in [2.45, 2.75) is 71.4 Å². The first kappa shape index (κ1) is 19.8. The Hall–Kier alpha value is -1.56. The van der Waals surface area contributed by atoms with Crippen molar-refractivity contribution in [2.24, 2.45) is 4.99 Å². The van der Waals surface area contributed by atoms with Crippen molar-refractivity contribution >= 4 is 5.96 Å². The van der Waals surface area contributed by atoms with Crippen LogP contribution in [0, 0.1) is 0 Å². The van der Waals surface area contributed by atoms with E-state index in [2.05, 4.69) is 46.6 Å². The molecule has 1 aliphatic rings. The molecule has 1 aromatic rings.